The molecule has 0 unspecified atom stereocenters. The second-order valence-electron chi connectivity index (χ2n) is 3.20. The average Bonchev–Trinajstić information content (AvgIpc) is 2.10. The number of hydrogen-bond donors (Lipinski definition) is 0. The maximum absolute atomic E-state index is 5.44. The molecule has 1 atom stereocenters. The van der Waals surface area contributed by atoms with Crippen molar-refractivity contribution in [3.8, 4) is 0 Å². The summed E-state index contributed by atoms with van der Waals surface area (Å²) in [5.41, 5.74) is 0.342. The standard InChI is InChI=1S/C7H14O/c1-5-7(4)6(2,3)8-7/h5H2,1-4H3/t7-/m0/s1. The van der Waals surface area contributed by atoms with Gasteiger partial charge in [0.2, 0.25) is 0 Å². The quantitative estimate of drug-likeness (QED) is 0.475. The maximum Gasteiger partial charge on any atom is 0.0943 e. The molecular formula is C7H14O. The molecule has 1 fully saturated rings. The van der Waals surface area contributed by atoms with Gasteiger partial charge in [-0.3, -0.25) is 0 Å². The van der Waals surface area contributed by atoms with Crippen LogP contribution in [0, 0.1) is 0 Å². The van der Waals surface area contributed by atoms with Gasteiger partial charge < -0.3 is 4.74 Å². The Labute approximate surface area is 51.0 Å². The van der Waals surface area contributed by atoms with Crippen LogP contribution in [0.2, 0.25) is 0 Å². The van der Waals surface area contributed by atoms with E-state index >= 15 is 0 Å². The van der Waals surface area contributed by atoms with Gasteiger partial charge >= 0.3 is 0 Å². The highest BCUT2D eigenvalue weighted by atomic mass is 16.6. The van der Waals surface area contributed by atoms with Gasteiger partial charge in [0.15, 0.2) is 0 Å². The maximum atomic E-state index is 5.44. The zero-order chi connectivity index (χ0) is 6.41. The van der Waals surface area contributed by atoms with Gasteiger partial charge in [-0.25, -0.2) is 0 Å². The van der Waals surface area contributed by atoms with Crippen molar-refractivity contribution >= 4 is 0 Å². The highest BCUT2D eigenvalue weighted by molar-refractivity contribution is 5.06. The van der Waals surface area contributed by atoms with Crippen LogP contribution in [0.3, 0.4) is 0 Å². The second-order valence-corrected chi connectivity index (χ2v) is 3.20. The monoisotopic (exact) mass is 114 g/mol. The molecule has 0 radical (unpaired) electrons. The smallest absolute Gasteiger partial charge is 0.0943 e. The molecule has 0 amide bonds. The van der Waals surface area contributed by atoms with Crippen molar-refractivity contribution in [2.24, 2.45) is 0 Å². The number of hydrogen-bond acceptors (Lipinski definition) is 1. The van der Waals surface area contributed by atoms with Crippen LogP contribution >= 0.6 is 0 Å². The molecule has 8 heavy (non-hydrogen) atoms. The highest BCUT2D eigenvalue weighted by Gasteiger charge is 2.58. The van der Waals surface area contributed by atoms with Crippen molar-refractivity contribution in [1.29, 1.82) is 0 Å². The van der Waals surface area contributed by atoms with Crippen molar-refractivity contribution in [3.63, 3.8) is 0 Å². The van der Waals surface area contributed by atoms with Gasteiger partial charge in [0.25, 0.3) is 0 Å². The predicted molar refractivity (Wildman–Crippen MR) is 33.9 cm³/mol. The number of epoxide rings is 1. The normalized spacial score (nSPS) is 42.0. The van der Waals surface area contributed by atoms with Gasteiger partial charge in [0.05, 0.1) is 11.2 Å². The fraction of sp³-hybridized carbons (Fsp3) is 1.00. The second kappa shape index (κ2) is 1.27. The summed E-state index contributed by atoms with van der Waals surface area (Å²) >= 11 is 0. The van der Waals surface area contributed by atoms with Gasteiger partial charge in [0, 0.05) is 0 Å². The number of ether oxygens (including phenoxy) is 1. The molecule has 0 N–H and O–H groups in total. The van der Waals surface area contributed by atoms with Crippen molar-refractivity contribution < 1.29 is 4.74 Å². The lowest BCUT2D eigenvalue weighted by Crippen LogP contribution is -2.14. The topological polar surface area (TPSA) is 12.5 Å². The van der Waals surface area contributed by atoms with Crippen LogP contribution in [0.5, 0.6) is 0 Å². The van der Waals surface area contributed by atoms with Gasteiger partial charge in [-0.1, -0.05) is 6.92 Å². The first-order valence-corrected chi connectivity index (χ1v) is 3.22. The van der Waals surface area contributed by atoms with Crippen LogP contribution in [0.4, 0.5) is 0 Å². The Bertz CT molecular complexity index is 107. The van der Waals surface area contributed by atoms with Gasteiger partial charge in [-0.2, -0.15) is 0 Å². The van der Waals surface area contributed by atoms with Crippen LogP contribution in [-0.2, 0) is 4.74 Å². The van der Waals surface area contributed by atoms with Crippen LogP contribution in [0.1, 0.15) is 34.1 Å². The van der Waals surface area contributed by atoms with E-state index in [9.17, 15) is 0 Å². The molecule has 1 heteroatoms. The lowest BCUT2D eigenvalue weighted by molar-refractivity contribution is 0.282. The van der Waals surface area contributed by atoms with E-state index in [-0.39, 0.29) is 11.2 Å². The van der Waals surface area contributed by atoms with E-state index in [2.05, 4.69) is 27.7 Å². The van der Waals surface area contributed by atoms with Crippen molar-refractivity contribution in [3.05, 3.63) is 0 Å². The van der Waals surface area contributed by atoms with Gasteiger partial charge in [-0.05, 0) is 27.2 Å². The minimum absolute atomic E-state index is 0.155. The summed E-state index contributed by atoms with van der Waals surface area (Å²) < 4.78 is 5.44. The lowest BCUT2D eigenvalue weighted by atomic mass is 9.96. The molecule has 1 saturated heterocycles. The summed E-state index contributed by atoms with van der Waals surface area (Å²) in [5, 5.41) is 0. The first-order chi connectivity index (χ1) is 3.52. The third-order valence-electron chi connectivity index (χ3n) is 2.39. The Balaban J connectivity index is 2.55. The lowest BCUT2D eigenvalue weighted by Gasteiger charge is -2.01. The Hall–Kier alpha value is -0.0400. The Kier molecular flexibility index (Phi) is 0.965. The molecule has 1 rings (SSSR count). The van der Waals surface area contributed by atoms with Crippen molar-refractivity contribution in [1.82, 2.24) is 0 Å². The Morgan fingerprint density at radius 3 is 1.62 bits per heavy atom. The third-order valence-corrected chi connectivity index (χ3v) is 2.39. The number of rotatable bonds is 1. The summed E-state index contributed by atoms with van der Waals surface area (Å²) in [5.74, 6) is 0. The van der Waals surface area contributed by atoms with Gasteiger partial charge in [-0.15, -0.1) is 0 Å². The molecule has 1 heterocycles. The van der Waals surface area contributed by atoms with Gasteiger partial charge in [0.1, 0.15) is 0 Å². The summed E-state index contributed by atoms with van der Waals surface area (Å²) in [6, 6.07) is 0. The molecule has 1 aliphatic rings. The summed E-state index contributed by atoms with van der Waals surface area (Å²) in [6.45, 7) is 8.59. The van der Waals surface area contributed by atoms with E-state index in [0.29, 0.717) is 0 Å². The summed E-state index contributed by atoms with van der Waals surface area (Å²) in [7, 11) is 0. The largest absolute Gasteiger partial charge is 0.363 e. The van der Waals surface area contributed by atoms with Crippen LogP contribution in [0.25, 0.3) is 0 Å². The van der Waals surface area contributed by atoms with E-state index in [1.54, 1.807) is 0 Å². The fourth-order valence-corrected chi connectivity index (χ4v) is 1.04. The van der Waals surface area contributed by atoms with E-state index < -0.39 is 0 Å². The zero-order valence-corrected chi connectivity index (χ0v) is 6.12. The molecule has 0 aliphatic carbocycles. The molecule has 1 nitrogen and oxygen atoms in total. The van der Waals surface area contributed by atoms with Crippen LogP contribution < -0.4 is 0 Å². The van der Waals surface area contributed by atoms with Crippen molar-refractivity contribution in [2.75, 3.05) is 0 Å². The van der Waals surface area contributed by atoms with E-state index in [0.717, 1.165) is 6.42 Å². The Morgan fingerprint density at radius 1 is 1.25 bits per heavy atom. The SMILES string of the molecule is CC[C@]1(C)OC1(C)C. The minimum atomic E-state index is 0.155. The van der Waals surface area contributed by atoms with Crippen LogP contribution in [0.15, 0.2) is 0 Å². The van der Waals surface area contributed by atoms with E-state index in [4.69, 9.17) is 4.74 Å². The summed E-state index contributed by atoms with van der Waals surface area (Å²) in [4.78, 5) is 0. The van der Waals surface area contributed by atoms with Crippen LogP contribution in [-0.4, -0.2) is 11.2 Å². The molecule has 0 aromatic carbocycles. The molecule has 0 aromatic rings. The summed E-state index contributed by atoms with van der Waals surface area (Å²) in [6.07, 6.45) is 1.12. The minimum Gasteiger partial charge on any atom is -0.363 e. The molecule has 0 saturated carbocycles. The molecule has 48 valence electrons. The first kappa shape index (κ1) is 6.09. The molecule has 0 bridgehead atoms. The zero-order valence-electron chi connectivity index (χ0n) is 6.12. The molecule has 0 spiro atoms. The highest BCUT2D eigenvalue weighted by Crippen LogP contribution is 2.49. The third kappa shape index (κ3) is 0.576. The molecule has 1 aliphatic heterocycles. The Morgan fingerprint density at radius 2 is 1.62 bits per heavy atom. The average molecular weight is 114 g/mol. The molecular weight excluding hydrogens is 100 g/mol. The molecule has 0 aromatic heterocycles. The fourth-order valence-electron chi connectivity index (χ4n) is 1.04. The van der Waals surface area contributed by atoms with E-state index in [1.165, 1.54) is 0 Å². The van der Waals surface area contributed by atoms with Crippen molar-refractivity contribution in [2.45, 2.75) is 45.3 Å². The van der Waals surface area contributed by atoms with E-state index in [1.807, 2.05) is 0 Å². The predicted octanol–water partition coefficient (Wildman–Crippen LogP) is 1.96. The first-order valence-electron chi connectivity index (χ1n) is 3.22.